The normalized spacial score (nSPS) is 10.3. The molecule has 0 aliphatic rings. The molecule has 0 aliphatic carbocycles. The lowest BCUT2D eigenvalue weighted by Crippen LogP contribution is -2.31. The molecule has 4 nitrogen and oxygen atoms in total. The van der Waals surface area contributed by atoms with Crippen molar-refractivity contribution in [2.45, 2.75) is 0 Å². The third-order valence-electron chi connectivity index (χ3n) is 3.41. The summed E-state index contributed by atoms with van der Waals surface area (Å²) in [6.45, 7) is 1.39. The predicted octanol–water partition coefficient (Wildman–Crippen LogP) is 3.27. The van der Waals surface area contributed by atoms with Crippen molar-refractivity contribution in [3.63, 3.8) is 0 Å². The maximum absolute atomic E-state index is 12.0. The zero-order valence-corrected chi connectivity index (χ0v) is 15.6. The van der Waals surface area contributed by atoms with Crippen LogP contribution < -0.4 is 11.1 Å². The minimum absolute atomic E-state index is 0.105. The second kappa shape index (κ2) is 8.77. The molecule has 0 bridgehead atoms. The Labute approximate surface area is 157 Å². The van der Waals surface area contributed by atoms with Crippen molar-refractivity contribution in [3.8, 4) is 11.8 Å². The molecule has 0 atom stereocenters. The van der Waals surface area contributed by atoms with Crippen molar-refractivity contribution in [1.82, 2.24) is 10.2 Å². The molecule has 0 unspecified atom stereocenters. The highest BCUT2D eigenvalue weighted by molar-refractivity contribution is 6.36. The van der Waals surface area contributed by atoms with Gasteiger partial charge in [0.25, 0.3) is 5.91 Å². The van der Waals surface area contributed by atoms with Gasteiger partial charge >= 0.3 is 0 Å². The first-order valence-corrected chi connectivity index (χ1v) is 8.42. The van der Waals surface area contributed by atoms with Crippen LogP contribution in [0.2, 0.25) is 10.0 Å². The van der Waals surface area contributed by atoms with Gasteiger partial charge in [-0.2, -0.15) is 0 Å². The van der Waals surface area contributed by atoms with Gasteiger partial charge in [0.15, 0.2) is 0 Å². The minimum atomic E-state index is -0.105. The van der Waals surface area contributed by atoms with E-state index in [0.29, 0.717) is 33.4 Å². The second-order valence-corrected chi connectivity index (χ2v) is 6.58. The summed E-state index contributed by atoms with van der Waals surface area (Å²) in [5, 5.41) is 3.75. The summed E-state index contributed by atoms with van der Waals surface area (Å²) in [6.07, 6.45) is 0. The van der Waals surface area contributed by atoms with Gasteiger partial charge in [-0.1, -0.05) is 35.0 Å². The Morgan fingerprint density at radius 2 is 1.84 bits per heavy atom. The first-order valence-electron chi connectivity index (χ1n) is 7.66. The maximum atomic E-state index is 12.0. The standard InChI is InChI=1S/C19H19Cl2N3O/c1-24(2)10-9-23-19(25)14-6-3-13(4-7-14)5-8-16-17(21)11-15(20)12-18(16)22/h3-4,6-7,11-12H,9-10,22H2,1-2H3,(H,23,25). The van der Waals surface area contributed by atoms with Gasteiger partial charge in [0.2, 0.25) is 0 Å². The van der Waals surface area contributed by atoms with Gasteiger partial charge < -0.3 is 16.0 Å². The molecule has 0 saturated heterocycles. The van der Waals surface area contributed by atoms with Gasteiger partial charge in [-0.25, -0.2) is 0 Å². The lowest BCUT2D eigenvalue weighted by atomic mass is 10.1. The van der Waals surface area contributed by atoms with E-state index in [1.54, 1.807) is 36.4 Å². The van der Waals surface area contributed by atoms with E-state index in [2.05, 4.69) is 17.2 Å². The highest BCUT2D eigenvalue weighted by Crippen LogP contribution is 2.26. The number of anilines is 1. The van der Waals surface area contributed by atoms with Crippen LogP contribution in [0.4, 0.5) is 5.69 Å². The zero-order valence-electron chi connectivity index (χ0n) is 14.1. The van der Waals surface area contributed by atoms with E-state index in [4.69, 9.17) is 28.9 Å². The van der Waals surface area contributed by atoms with Crippen LogP contribution in [0.1, 0.15) is 21.5 Å². The lowest BCUT2D eigenvalue weighted by molar-refractivity contribution is 0.0951. The number of halogens is 2. The summed E-state index contributed by atoms with van der Waals surface area (Å²) in [5.74, 6) is 5.83. The smallest absolute Gasteiger partial charge is 0.251 e. The third-order valence-corrected chi connectivity index (χ3v) is 3.93. The van der Waals surface area contributed by atoms with E-state index in [0.717, 1.165) is 12.1 Å². The Kier molecular flexibility index (Phi) is 6.72. The number of nitrogens with two attached hydrogens (primary N) is 1. The largest absolute Gasteiger partial charge is 0.398 e. The molecule has 2 aromatic carbocycles. The van der Waals surface area contributed by atoms with Crippen LogP contribution in [-0.2, 0) is 0 Å². The quantitative estimate of drug-likeness (QED) is 0.636. The van der Waals surface area contributed by atoms with Gasteiger partial charge in [0.1, 0.15) is 0 Å². The zero-order chi connectivity index (χ0) is 18.4. The molecule has 130 valence electrons. The average Bonchev–Trinajstić information content (AvgIpc) is 2.54. The van der Waals surface area contributed by atoms with Crippen molar-refractivity contribution >= 4 is 34.8 Å². The van der Waals surface area contributed by atoms with E-state index in [-0.39, 0.29) is 5.91 Å². The fourth-order valence-electron chi connectivity index (χ4n) is 2.06. The van der Waals surface area contributed by atoms with Gasteiger partial charge in [-0.15, -0.1) is 0 Å². The van der Waals surface area contributed by atoms with E-state index < -0.39 is 0 Å². The van der Waals surface area contributed by atoms with Crippen LogP contribution in [0.3, 0.4) is 0 Å². The van der Waals surface area contributed by atoms with E-state index in [1.165, 1.54) is 0 Å². The van der Waals surface area contributed by atoms with Crippen LogP contribution in [0, 0.1) is 11.8 Å². The van der Waals surface area contributed by atoms with Gasteiger partial charge in [0.05, 0.1) is 16.3 Å². The summed E-state index contributed by atoms with van der Waals surface area (Å²) in [4.78, 5) is 14.0. The molecule has 0 radical (unpaired) electrons. The fourth-order valence-corrected chi connectivity index (χ4v) is 2.62. The average molecular weight is 376 g/mol. The topological polar surface area (TPSA) is 58.4 Å². The summed E-state index contributed by atoms with van der Waals surface area (Å²) < 4.78 is 0. The number of nitrogens with one attached hydrogen (secondary N) is 1. The second-order valence-electron chi connectivity index (χ2n) is 5.74. The van der Waals surface area contributed by atoms with Gasteiger partial charge in [0, 0.05) is 29.2 Å². The number of likely N-dealkylation sites (N-methyl/N-ethyl adjacent to an activating group) is 1. The number of nitrogen functional groups attached to an aromatic ring is 1. The predicted molar refractivity (Wildman–Crippen MR) is 104 cm³/mol. The highest BCUT2D eigenvalue weighted by Gasteiger charge is 2.05. The Bertz CT molecular complexity index is 798. The molecule has 3 N–H and O–H groups in total. The molecule has 6 heteroatoms. The van der Waals surface area contributed by atoms with E-state index >= 15 is 0 Å². The van der Waals surface area contributed by atoms with Crippen LogP contribution in [0.15, 0.2) is 36.4 Å². The molecule has 2 rings (SSSR count). The molecule has 0 spiro atoms. The van der Waals surface area contributed by atoms with Gasteiger partial charge in [-0.05, 0) is 50.5 Å². The Hall–Kier alpha value is -2.19. The van der Waals surface area contributed by atoms with Crippen LogP contribution >= 0.6 is 23.2 Å². The van der Waals surface area contributed by atoms with Crippen molar-refractivity contribution in [2.75, 3.05) is 32.9 Å². The Morgan fingerprint density at radius 3 is 2.44 bits per heavy atom. The number of carbonyl (C=O) groups excluding carboxylic acids is 1. The number of rotatable bonds is 4. The SMILES string of the molecule is CN(C)CCNC(=O)c1ccc(C#Cc2c(N)cc(Cl)cc2Cl)cc1. The minimum Gasteiger partial charge on any atom is -0.398 e. The van der Waals surface area contributed by atoms with Crippen molar-refractivity contribution in [3.05, 3.63) is 63.1 Å². The molecule has 0 aromatic heterocycles. The number of nitrogens with zero attached hydrogens (tertiary/aromatic N) is 1. The Balaban J connectivity index is 2.08. The van der Waals surface area contributed by atoms with Crippen LogP contribution in [0.25, 0.3) is 0 Å². The molecule has 0 heterocycles. The number of hydrogen-bond donors (Lipinski definition) is 2. The molecular formula is C19H19Cl2N3O. The first kappa shape index (κ1) is 19.1. The molecular weight excluding hydrogens is 357 g/mol. The monoisotopic (exact) mass is 375 g/mol. The van der Waals surface area contributed by atoms with Gasteiger partial charge in [-0.3, -0.25) is 4.79 Å². The fraction of sp³-hybridized carbons (Fsp3) is 0.211. The molecule has 1 amide bonds. The maximum Gasteiger partial charge on any atom is 0.251 e. The van der Waals surface area contributed by atoms with Crippen molar-refractivity contribution in [2.24, 2.45) is 0 Å². The Morgan fingerprint density at radius 1 is 1.16 bits per heavy atom. The molecule has 0 aliphatic heterocycles. The van der Waals surface area contributed by atoms with Crippen molar-refractivity contribution < 1.29 is 4.79 Å². The summed E-state index contributed by atoms with van der Waals surface area (Å²) in [6, 6.07) is 10.3. The number of amides is 1. The van der Waals surface area contributed by atoms with Crippen molar-refractivity contribution in [1.29, 1.82) is 0 Å². The first-order chi connectivity index (χ1) is 11.9. The van der Waals surface area contributed by atoms with Crippen LogP contribution in [-0.4, -0.2) is 38.0 Å². The number of hydrogen-bond acceptors (Lipinski definition) is 3. The highest BCUT2D eigenvalue weighted by atomic mass is 35.5. The van der Waals surface area contributed by atoms with Crippen LogP contribution in [0.5, 0.6) is 0 Å². The molecule has 0 saturated carbocycles. The number of carbonyl (C=O) groups is 1. The summed E-state index contributed by atoms with van der Waals surface area (Å²) >= 11 is 12.0. The van der Waals surface area contributed by atoms with E-state index in [9.17, 15) is 4.79 Å². The lowest BCUT2D eigenvalue weighted by Gasteiger charge is -2.10. The van der Waals surface area contributed by atoms with E-state index in [1.807, 2.05) is 19.0 Å². The summed E-state index contributed by atoms with van der Waals surface area (Å²) in [5.41, 5.74) is 8.21. The summed E-state index contributed by atoms with van der Waals surface area (Å²) in [7, 11) is 3.92. The number of benzene rings is 2. The molecule has 0 fully saturated rings. The third kappa shape index (κ3) is 5.68. The molecule has 25 heavy (non-hydrogen) atoms. The molecule has 2 aromatic rings.